The van der Waals surface area contributed by atoms with E-state index in [1.807, 2.05) is 31.3 Å². The van der Waals surface area contributed by atoms with E-state index < -0.39 is 0 Å². The Morgan fingerprint density at radius 2 is 1.95 bits per heavy atom. The summed E-state index contributed by atoms with van der Waals surface area (Å²) in [5.74, 6) is -0.248. The molecular formula is C16H14BrFN2. The molecule has 2 aromatic rings. The molecular weight excluding hydrogens is 319 g/mol. The van der Waals surface area contributed by atoms with Crippen LogP contribution in [0.15, 0.2) is 46.9 Å². The van der Waals surface area contributed by atoms with Crippen molar-refractivity contribution in [2.24, 2.45) is 0 Å². The molecule has 0 spiro atoms. The van der Waals surface area contributed by atoms with Gasteiger partial charge < -0.3 is 0 Å². The second kappa shape index (κ2) is 6.65. The van der Waals surface area contributed by atoms with Crippen molar-refractivity contribution in [1.82, 2.24) is 4.90 Å². The predicted molar refractivity (Wildman–Crippen MR) is 80.4 cm³/mol. The Balaban J connectivity index is 2.07. The summed E-state index contributed by atoms with van der Waals surface area (Å²) < 4.78 is 14.0. The van der Waals surface area contributed by atoms with E-state index in [0.717, 1.165) is 11.1 Å². The molecule has 0 saturated heterocycles. The van der Waals surface area contributed by atoms with Crippen LogP contribution in [-0.4, -0.2) is 11.9 Å². The highest BCUT2D eigenvalue weighted by molar-refractivity contribution is 9.10. The van der Waals surface area contributed by atoms with E-state index in [1.165, 1.54) is 6.07 Å². The van der Waals surface area contributed by atoms with E-state index in [2.05, 4.69) is 26.9 Å². The highest BCUT2D eigenvalue weighted by Gasteiger charge is 2.08. The first-order valence-electron chi connectivity index (χ1n) is 6.20. The van der Waals surface area contributed by atoms with Crippen molar-refractivity contribution in [2.45, 2.75) is 13.1 Å². The maximum Gasteiger partial charge on any atom is 0.137 e. The zero-order chi connectivity index (χ0) is 14.5. The molecule has 0 aromatic heterocycles. The van der Waals surface area contributed by atoms with Crippen molar-refractivity contribution < 1.29 is 4.39 Å². The first-order chi connectivity index (χ1) is 9.60. The summed E-state index contributed by atoms with van der Waals surface area (Å²) in [5, 5.41) is 8.89. The van der Waals surface area contributed by atoms with Gasteiger partial charge in [0.15, 0.2) is 0 Å². The number of hydrogen-bond donors (Lipinski definition) is 0. The Labute approximate surface area is 126 Å². The van der Waals surface area contributed by atoms with Gasteiger partial charge >= 0.3 is 0 Å². The molecule has 0 aliphatic heterocycles. The molecule has 0 N–H and O–H groups in total. The first-order valence-corrected chi connectivity index (χ1v) is 7.00. The second-order valence-corrected chi connectivity index (χ2v) is 5.49. The van der Waals surface area contributed by atoms with Gasteiger partial charge in [-0.3, -0.25) is 4.90 Å². The van der Waals surface area contributed by atoms with Gasteiger partial charge in [0, 0.05) is 13.1 Å². The van der Waals surface area contributed by atoms with Crippen molar-refractivity contribution in [1.29, 1.82) is 5.26 Å². The van der Waals surface area contributed by atoms with Gasteiger partial charge in [-0.2, -0.15) is 5.26 Å². The van der Waals surface area contributed by atoms with Gasteiger partial charge in [-0.15, -0.1) is 0 Å². The van der Waals surface area contributed by atoms with E-state index in [0.29, 0.717) is 23.1 Å². The van der Waals surface area contributed by atoms with Gasteiger partial charge in [0.1, 0.15) is 5.82 Å². The van der Waals surface area contributed by atoms with E-state index in [1.54, 1.807) is 12.1 Å². The average molecular weight is 333 g/mol. The molecule has 0 heterocycles. The largest absolute Gasteiger partial charge is 0.298 e. The molecule has 2 rings (SSSR count). The normalized spacial score (nSPS) is 10.6. The van der Waals surface area contributed by atoms with Crippen LogP contribution in [0.5, 0.6) is 0 Å². The Morgan fingerprint density at radius 3 is 2.70 bits per heavy atom. The molecule has 0 fully saturated rings. The van der Waals surface area contributed by atoms with E-state index >= 15 is 0 Å². The van der Waals surface area contributed by atoms with Crippen molar-refractivity contribution in [3.63, 3.8) is 0 Å². The fourth-order valence-electron chi connectivity index (χ4n) is 2.07. The summed E-state index contributed by atoms with van der Waals surface area (Å²) in [4.78, 5) is 2.08. The van der Waals surface area contributed by atoms with Crippen LogP contribution in [0.4, 0.5) is 4.39 Å². The van der Waals surface area contributed by atoms with Gasteiger partial charge in [-0.1, -0.05) is 24.3 Å². The van der Waals surface area contributed by atoms with Crippen LogP contribution in [0.2, 0.25) is 0 Å². The molecule has 2 aromatic carbocycles. The number of nitriles is 1. The molecule has 0 unspecified atom stereocenters. The highest BCUT2D eigenvalue weighted by Crippen LogP contribution is 2.22. The van der Waals surface area contributed by atoms with E-state index in [-0.39, 0.29) is 5.82 Å². The lowest BCUT2D eigenvalue weighted by molar-refractivity contribution is 0.318. The number of rotatable bonds is 4. The molecule has 4 heteroatoms. The molecule has 0 saturated carbocycles. The molecule has 0 radical (unpaired) electrons. The number of benzene rings is 2. The SMILES string of the molecule is CN(Cc1cccc(C#N)c1)Cc1cccc(F)c1Br. The van der Waals surface area contributed by atoms with Crippen LogP contribution in [0.1, 0.15) is 16.7 Å². The van der Waals surface area contributed by atoms with Crippen LogP contribution < -0.4 is 0 Å². The van der Waals surface area contributed by atoms with Crippen LogP contribution in [0.25, 0.3) is 0 Å². The molecule has 102 valence electrons. The summed E-state index contributed by atoms with van der Waals surface area (Å²) >= 11 is 3.27. The predicted octanol–water partition coefficient (Wildman–Crippen LogP) is 4.09. The average Bonchev–Trinajstić information content (AvgIpc) is 2.44. The lowest BCUT2D eigenvalue weighted by Crippen LogP contribution is -2.17. The van der Waals surface area contributed by atoms with Gasteiger partial charge in [0.25, 0.3) is 0 Å². The van der Waals surface area contributed by atoms with Crippen molar-refractivity contribution in [2.75, 3.05) is 7.05 Å². The maximum absolute atomic E-state index is 13.5. The molecule has 0 atom stereocenters. The third-order valence-electron chi connectivity index (χ3n) is 2.98. The van der Waals surface area contributed by atoms with Gasteiger partial charge in [-0.05, 0) is 52.3 Å². The Hall–Kier alpha value is -1.70. The lowest BCUT2D eigenvalue weighted by Gasteiger charge is -2.18. The van der Waals surface area contributed by atoms with E-state index in [9.17, 15) is 4.39 Å². The Kier molecular flexibility index (Phi) is 4.89. The number of nitrogens with zero attached hydrogens (tertiary/aromatic N) is 2. The Bertz CT molecular complexity index is 649. The minimum Gasteiger partial charge on any atom is -0.298 e. The smallest absolute Gasteiger partial charge is 0.137 e. The van der Waals surface area contributed by atoms with Crippen molar-refractivity contribution >= 4 is 15.9 Å². The minimum atomic E-state index is -0.248. The molecule has 0 aliphatic carbocycles. The first kappa shape index (κ1) is 14.7. The van der Waals surface area contributed by atoms with Gasteiger partial charge in [-0.25, -0.2) is 4.39 Å². The van der Waals surface area contributed by atoms with Gasteiger partial charge in [0.2, 0.25) is 0 Å². The van der Waals surface area contributed by atoms with Crippen LogP contribution in [0.3, 0.4) is 0 Å². The third-order valence-corrected chi connectivity index (χ3v) is 3.87. The zero-order valence-corrected chi connectivity index (χ0v) is 12.7. The quantitative estimate of drug-likeness (QED) is 0.843. The minimum absolute atomic E-state index is 0.248. The summed E-state index contributed by atoms with van der Waals surface area (Å²) in [6.45, 7) is 1.34. The topological polar surface area (TPSA) is 27.0 Å². The molecule has 2 nitrogen and oxygen atoms in total. The monoisotopic (exact) mass is 332 g/mol. The van der Waals surface area contributed by atoms with Crippen LogP contribution >= 0.6 is 15.9 Å². The zero-order valence-electron chi connectivity index (χ0n) is 11.1. The molecule has 20 heavy (non-hydrogen) atoms. The lowest BCUT2D eigenvalue weighted by atomic mass is 10.1. The third kappa shape index (κ3) is 3.66. The number of hydrogen-bond acceptors (Lipinski definition) is 2. The molecule has 0 bridgehead atoms. The fourth-order valence-corrected chi connectivity index (χ4v) is 2.46. The van der Waals surface area contributed by atoms with E-state index in [4.69, 9.17) is 5.26 Å². The summed E-state index contributed by atoms with van der Waals surface area (Å²) in [6.07, 6.45) is 0. The van der Waals surface area contributed by atoms with Crippen molar-refractivity contribution in [3.05, 3.63) is 69.4 Å². The summed E-state index contributed by atoms with van der Waals surface area (Å²) in [7, 11) is 1.97. The van der Waals surface area contributed by atoms with Crippen LogP contribution in [-0.2, 0) is 13.1 Å². The maximum atomic E-state index is 13.5. The van der Waals surface area contributed by atoms with Gasteiger partial charge in [0.05, 0.1) is 16.1 Å². The molecule has 0 amide bonds. The Morgan fingerprint density at radius 1 is 1.20 bits per heavy atom. The summed E-state index contributed by atoms with van der Waals surface area (Å²) in [5.41, 5.74) is 2.63. The van der Waals surface area contributed by atoms with Crippen LogP contribution in [0, 0.1) is 17.1 Å². The summed E-state index contributed by atoms with van der Waals surface area (Å²) in [6, 6.07) is 14.7. The number of halogens is 2. The molecule has 0 aliphatic rings. The fraction of sp³-hybridized carbons (Fsp3) is 0.188. The van der Waals surface area contributed by atoms with Crippen molar-refractivity contribution in [3.8, 4) is 6.07 Å². The second-order valence-electron chi connectivity index (χ2n) is 4.70. The highest BCUT2D eigenvalue weighted by atomic mass is 79.9. The standard InChI is InChI=1S/C16H14BrFN2/c1-20(10-13-5-2-4-12(8-13)9-19)11-14-6-3-7-15(18)16(14)17/h2-8H,10-11H2,1H3.